The summed E-state index contributed by atoms with van der Waals surface area (Å²) in [6.45, 7) is 8.83. The van der Waals surface area contributed by atoms with Crippen LogP contribution in [0.25, 0.3) is 0 Å². The van der Waals surface area contributed by atoms with Gasteiger partial charge in [-0.25, -0.2) is 5.01 Å². The standard InChI is InChI=1S/C8H20N2/c1-6-8(4)10(9-5)7(2)3/h7-9H,6H2,1-5H3. The second kappa shape index (κ2) is 4.69. The van der Waals surface area contributed by atoms with Crippen molar-refractivity contribution in [2.75, 3.05) is 7.05 Å². The fourth-order valence-corrected chi connectivity index (χ4v) is 1.18. The van der Waals surface area contributed by atoms with Gasteiger partial charge in [-0.3, -0.25) is 5.43 Å². The Morgan fingerprint density at radius 2 is 1.80 bits per heavy atom. The van der Waals surface area contributed by atoms with Crippen LogP contribution in [0, 0.1) is 0 Å². The second-order valence-electron chi connectivity index (χ2n) is 2.98. The number of rotatable bonds is 4. The van der Waals surface area contributed by atoms with Gasteiger partial charge in [0.1, 0.15) is 0 Å². The predicted molar refractivity (Wildman–Crippen MR) is 45.8 cm³/mol. The molecule has 0 aromatic rings. The van der Waals surface area contributed by atoms with Crippen molar-refractivity contribution in [3.05, 3.63) is 0 Å². The highest BCUT2D eigenvalue weighted by atomic mass is 15.5. The average Bonchev–Trinajstić information content (AvgIpc) is 1.88. The zero-order valence-corrected chi connectivity index (χ0v) is 7.81. The van der Waals surface area contributed by atoms with Crippen LogP contribution in [0.1, 0.15) is 34.1 Å². The molecule has 10 heavy (non-hydrogen) atoms. The normalized spacial score (nSPS) is 14.7. The minimum atomic E-state index is 0.583. The Bertz CT molecular complexity index is 81.3. The topological polar surface area (TPSA) is 15.3 Å². The van der Waals surface area contributed by atoms with Crippen LogP contribution in [0.5, 0.6) is 0 Å². The van der Waals surface area contributed by atoms with E-state index in [1.807, 2.05) is 7.05 Å². The van der Waals surface area contributed by atoms with Crippen LogP contribution in [0.4, 0.5) is 0 Å². The lowest BCUT2D eigenvalue weighted by molar-refractivity contribution is 0.105. The molecule has 0 bridgehead atoms. The minimum absolute atomic E-state index is 0.583. The van der Waals surface area contributed by atoms with Crippen molar-refractivity contribution in [1.29, 1.82) is 0 Å². The first kappa shape index (κ1) is 9.92. The van der Waals surface area contributed by atoms with E-state index < -0.39 is 0 Å². The van der Waals surface area contributed by atoms with Crippen molar-refractivity contribution in [2.45, 2.75) is 46.2 Å². The molecule has 0 fully saturated rings. The second-order valence-corrected chi connectivity index (χ2v) is 2.98. The highest BCUT2D eigenvalue weighted by Crippen LogP contribution is 2.03. The first-order chi connectivity index (χ1) is 4.63. The molecule has 0 saturated carbocycles. The summed E-state index contributed by atoms with van der Waals surface area (Å²) in [5, 5.41) is 2.26. The van der Waals surface area contributed by atoms with Crippen LogP contribution in [0.15, 0.2) is 0 Å². The van der Waals surface area contributed by atoms with Crippen molar-refractivity contribution >= 4 is 0 Å². The monoisotopic (exact) mass is 144 g/mol. The number of nitrogens with one attached hydrogen (secondary N) is 1. The summed E-state index contributed by atoms with van der Waals surface area (Å²) in [5.41, 5.74) is 3.19. The van der Waals surface area contributed by atoms with Crippen LogP contribution < -0.4 is 5.43 Å². The Labute approximate surface area is 64.6 Å². The predicted octanol–water partition coefficient (Wildman–Crippen LogP) is 1.63. The van der Waals surface area contributed by atoms with Gasteiger partial charge in [-0.15, -0.1) is 0 Å². The lowest BCUT2D eigenvalue weighted by Gasteiger charge is -2.30. The molecule has 0 aromatic carbocycles. The van der Waals surface area contributed by atoms with Gasteiger partial charge < -0.3 is 0 Å². The van der Waals surface area contributed by atoms with E-state index in [-0.39, 0.29) is 0 Å². The third-order valence-corrected chi connectivity index (χ3v) is 1.88. The summed E-state index contributed by atoms with van der Waals surface area (Å²) in [7, 11) is 1.98. The Hall–Kier alpha value is -0.0800. The van der Waals surface area contributed by atoms with Crippen LogP contribution in [0.3, 0.4) is 0 Å². The zero-order chi connectivity index (χ0) is 8.15. The van der Waals surface area contributed by atoms with E-state index in [2.05, 4.69) is 38.1 Å². The van der Waals surface area contributed by atoms with E-state index in [4.69, 9.17) is 0 Å². The van der Waals surface area contributed by atoms with E-state index in [0.29, 0.717) is 12.1 Å². The number of hydrazine groups is 1. The molecule has 0 aliphatic rings. The molecule has 2 nitrogen and oxygen atoms in total. The molecule has 0 aromatic heterocycles. The maximum atomic E-state index is 3.19. The lowest BCUT2D eigenvalue weighted by Crippen LogP contribution is -2.46. The quantitative estimate of drug-likeness (QED) is 0.603. The molecule has 1 atom stereocenters. The molecule has 0 aliphatic heterocycles. The fraction of sp³-hybridized carbons (Fsp3) is 1.00. The molecular weight excluding hydrogens is 124 g/mol. The Kier molecular flexibility index (Phi) is 4.65. The van der Waals surface area contributed by atoms with Gasteiger partial charge in [0.2, 0.25) is 0 Å². The summed E-state index contributed by atoms with van der Waals surface area (Å²) in [6, 6.07) is 1.21. The van der Waals surface area contributed by atoms with Crippen LogP contribution in [-0.2, 0) is 0 Å². The Morgan fingerprint density at radius 1 is 1.30 bits per heavy atom. The molecule has 0 aliphatic carbocycles. The first-order valence-corrected chi connectivity index (χ1v) is 4.09. The minimum Gasteiger partial charge on any atom is -0.258 e. The lowest BCUT2D eigenvalue weighted by atomic mass is 10.2. The molecule has 62 valence electrons. The molecule has 0 rings (SSSR count). The van der Waals surface area contributed by atoms with Crippen LogP contribution in [0.2, 0.25) is 0 Å². The van der Waals surface area contributed by atoms with E-state index in [9.17, 15) is 0 Å². The van der Waals surface area contributed by atoms with Gasteiger partial charge >= 0.3 is 0 Å². The van der Waals surface area contributed by atoms with Crippen LogP contribution in [-0.4, -0.2) is 24.1 Å². The molecule has 0 radical (unpaired) electrons. The summed E-state index contributed by atoms with van der Waals surface area (Å²) >= 11 is 0. The largest absolute Gasteiger partial charge is 0.258 e. The van der Waals surface area contributed by atoms with Gasteiger partial charge in [-0.05, 0) is 34.2 Å². The molecule has 0 amide bonds. The molecule has 0 heterocycles. The van der Waals surface area contributed by atoms with Gasteiger partial charge in [0.05, 0.1) is 0 Å². The number of hydrogen-bond acceptors (Lipinski definition) is 2. The SMILES string of the molecule is CCC(C)N(NC)C(C)C. The smallest absolute Gasteiger partial charge is 0.0215 e. The third-order valence-electron chi connectivity index (χ3n) is 1.88. The van der Waals surface area contributed by atoms with Crippen LogP contribution >= 0.6 is 0 Å². The summed E-state index contributed by atoms with van der Waals surface area (Å²) in [4.78, 5) is 0. The maximum absolute atomic E-state index is 3.19. The van der Waals surface area contributed by atoms with Gasteiger partial charge in [0.25, 0.3) is 0 Å². The van der Waals surface area contributed by atoms with Crippen molar-refractivity contribution in [1.82, 2.24) is 10.4 Å². The van der Waals surface area contributed by atoms with Crippen molar-refractivity contribution < 1.29 is 0 Å². The zero-order valence-electron chi connectivity index (χ0n) is 7.81. The Morgan fingerprint density at radius 3 is 1.90 bits per heavy atom. The summed E-state index contributed by atoms with van der Waals surface area (Å²) in [6.07, 6.45) is 1.19. The molecule has 1 unspecified atom stereocenters. The molecule has 0 saturated heterocycles. The average molecular weight is 144 g/mol. The van der Waals surface area contributed by atoms with Gasteiger partial charge in [-0.1, -0.05) is 6.92 Å². The first-order valence-electron chi connectivity index (χ1n) is 4.09. The Balaban J connectivity index is 3.80. The van der Waals surface area contributed by atoms with Gasteiger partial charge in [0.15, 0.2) is 0 Å². The molecular formula is C8H20N2. The highest BCUT2D eigenvalue weighted by Gasteiger charge is 2.12. The van der Waals surface area contributed by atoms with E-state index in [0.717, 1.165) is 0 Å². The number of hydrogen-bond donors (Lipinski definition) is 1. The van der Waals surface area contributed by atoms with Gasteiger partial charge in [-0.2, -0.15) is 0 Å². The number of nitrogens with zero attached hydrogens (tertiary/aromatic N) is 1. The summed E-state index contributed by atoms with van der Waals surface area (Å²) in [5.74, 6) is 0. The molecule has 1 N–H and O–H groups in total. The fourth-order valence-electron chi connectivity index (χ4n) is 1.18. The van der Waals surface area contributed by atoms with E-state index in [1.54, 1.807) is 0 Å². The van der Waals surface area contributed by atoms with Crippen molar-refractivity contribution in [3.63, 3.8) is 0 Å². The molecule has 0 spiro atoms. The molecule has 2 heteroatoms. The van der Waals surface area contributed by atoms with Crippen molar-refractivity contribution in [3.8, 4) is 0 Å². The maximum Gasteiger partial charge on any atom is 0.0215 e. The van der Waals surface area contributed by atoms with E-state index >= 15 is 0 Å². The summed E-state index contributed by atoms with van der Waals surface area (Å²) < 4.78 is 0. The van der Waals surface area contributed by atoms with E-state index in [1.165, 1.54) is 6.42 Å². The van der Waals surface area contributed by atoms with Crippen molar-refractivity contribution in [2.24, 2.45) is 0 Å². The highest BCUT2D eigenvalue weighted by molar-refractivity contribution is 4.63. The third kappa shape index (κ3) is 2.67. The van der Waals surface area contributed by atoms with Gasteiger partial charge in [0, 0.05) is 12.1 Å².